The molecule has 1 fully saturated rings. The van der Waals surface area contributed by atoms with Crippen molar-refractivity contribution in [1.29, 1.82) is 0 Å². The molecule has 0 saturated carbocycles. The van der Waals surface area contributed by atoms with Crippen molar-refractivity contribution in [3.05, 3.63) is 33.3 Å². The van der Waals surface area contributed by atoms with Crippen molar-refractivity contribution < 1.29 is 24.4 Å². The van der Waals surface area contributed by atoms with Gasteiger partial charge in [0.05, 0.1) is 4.92 Å². The molecule has 21 heavy (non-hydrogen) atoms. The van der Waals surface area contributed by atoms with E-state index in [1.165, 1.54) is 12.1 Å². The molecule has 1 heterocycles. The number of carboxylic acids is 1. The van der Waals surface area contributed by atoms with Gasteiger partial charge in [-0.2, -0.15) is 0 Å². The highest BCUT2D eigenvalue weighted by atomic mass is 35.5. The second-order valence-electron chi connectivity index (χ2n) is 4.44. The van der Waals surface area contributed by atoms with Crippen molar-refractivity contribution in [3.63, 3.8) is 0 Å². The fraction of sp³-hybridized carbons (Fsp3) is 0.333. The third-order valence-corrected chi connectivity index (χ3v) is 3.32. The second kappa shape index (κ2) is 6.06. The number of ether oxygens (including phenoxy) is 1. The normalized spacial score (nSPS) is 21.0. The number of carboxylic acid groups (broad SMARTS) is 1. The van der Waals surface area contributed by atoms with Crippen molar-refractivity contribution in [1.82, 2.24) is 0 Å². The number of rotatable bonds is 4. The average molecular weight is 315 g/mol. The van der Waals surface area contributed by atoms with Gasteiger partial charge < -0.3 is 15.2 Å². The Kier molecular flexibility index (Phi) is 4.39. The van der Waals surface area contributed by atoms with Crippen molar-refractivity contribution in [2.75, 3.05) is 5.32 Å². The molecule has 112 valence electrons. The van der Waals surface area contributed by atoms with Crippen molar-refractivity contribution in [2.24, 2.45) is 0 Å². The second-order valence-corrected chi connectivity index (χ2v) is 4.85. The van der Waals surface area contributed by atoms with E-state index in [1.807, 2.05) is 0 Å². The smallest absolute Gasteiger partial charge is 0.332 e. The lowest BCUT2D eigenvalue weighted by molar-refractivity contribution is -0.384. The maximum absolute atomic E-state index is 11.9. The van der Waals surface area contributed by atoms with Gasteiger partial charge in [0.1, 0.15) is 11.1 Å². The lowest BCUT2D eigenvalue weighted by Crippen LogP contribution is -2.29. The number of carbonyl (C=O) groups excluding carboxylic acids is 1. The van der Waals surface area contributed by atoms with Crippen LogP contribution < -0.4 is 5.32 Å². The number of nitrogens with zero attached hydrogens (tertiary/aromatic N) is 1. The lowest BCUT2D eigenvalue weighted by atomic mass is 10.2. The topological polar surface area (TPSA) is 119 Å². The third kappa shape index (κ3) is 3.47. The van der Waals surface area contributed by atoms with Crippen LogP contribution in [0.25, 0.3) is 0 Å². The van der Waals surface area contributed by atoms with E-state index in [1.54, 1.807) is 0 Å². The number of hydrogen-bond donors (Lipinski definition) is 2. The largest absolute Gasteiger partial charge is 0.479 e. The van der Waals surface area contributed by atoms with Gasteiger partial charge in [-0.1, -0.05) is 11.6 Å². The van der Waals surface area contributed by atoms with Crippen molar-refractivity contribution in [2.45, 2.75) is 25.0 Å². The summed E-state index contributed by atoms with van der Waals surface area (Å²) in [4.78, 5) is 32.7. The molecule has 0 aliphatic carbocycles. The maximum Gasteiger partial charge on any atom is 0.332 e. The average Bonchev–Trinajstić information content (AvgIpc) is 2.90. The molecule has 1 aromatic carbocycles. The standard InChI is InChI=1S/C12H11ClN2O6/c13-7-2-1-6(5-8(7)15(19)20)14-11(16)9-3-4-10(21-9)12(17)18/h1-2,5,9-10H,3-4H2,(H,14,16)(H,17,18). The van der Waals surface area contributed by atoms with Gasteiger partial charge in [0.25, 0.3) is 11.6 Å². The van der Waals surface area contributed by atoms with Crippen LogP contribution >= 0.6 is 11.6 Å². The first kappa shape index (κ1) is 15.2. The quantitative estimate of drug-likeness (QED) is 0.646. The number of amides is 1. The summed E-state index contributed by atoms with van der Waals surface area (Å²) in [5, 5.41) is 21.9. The number of aliphatic carboxylic acids is 1. The van der Waals surface area contributed by atoms with Gasteiger partial charge in [0, 0.05) is 11.8 Å². The molecule has 8 nitrogen and oxygen atoms in total. The monoisotopic (exact) mass is 314 g/mol. The van der Waals surface area contributed by atoms with Gasteiger partial charge in [-0.3, -0.25) is 14.9 Å². The molecule has 1 aromatic rings. The van der Waals surface area contributed by atoms with Gasteiger partial charge in [-0.05, 0) is 25.0 Å². The Balaban J connectivity index is 2.05. The van der Waals surface area contributed by atoms with Crippen LogP contribution in [0, 0.1) is 10.1 Å². The number of halogens is 1. The van der Waals surface area contributed by atoms with Gasteiger partial charge in [0.15, 0.2) is 6.10 Å². The Bertz CT molecular complexity index is 605. The van der Waals surface area contributed by atoms with Crippen molar-refractivity contribution >= 4 is 34.9 Å². The fourth-order valence-corrected chi connectivity index (χ4v) is 2.15. The summed E-state index contributed by atoms with van der Waals surface area (Å²) in [7, 11) is 0. The Hall–Kier alpha value is -2.19. The molecular formula is C12H11ClN2O6. The molecule has 1 aliphatic heterocycles. The van der Waals surface area contributed by atoms with E-state index in [0.717, 1.165) is 6.07 Å². The maximum atomic E-state index is 11.9. The molecule has 2 N–H and O–H groups in total. The number of nitrogens with one attached hydrogen (secondary N) is 1. The first-order valence-corrected chi connectivity index (χ1v) is 6.39. The summed E-state index contributed by atoms with van der Waals surface area (Å²) in [5.74, 6) is -1.66. The fourth-order valence-electron chi connectivity index (χ4n) is 1.96. The zero-order valence-electron chi connectivity index (χ0n) is 10.6. The van der Waals surface area contributed by atoms with E-state index in [2.05, 4.69) is 5.32 Å². The number of nitro benzene ring substituents is 1. The zero-order valence-corrected chi connectivity index (χ0v) is 11.4. The minimum absolute atomic E-state index is 0.0407. The number of anilines is 1. The zero-order chi connectivity index (χ0) is 15.6. The first-order chi connectivity index (χ1) is 9.88. The Morgan fingerprint density at radius 1 is 1.38 bits per heavy atom. The van der Waals surface area contributed by atoms with Gasteiger partial charge in [0.2, 0.25) is 0 Å². The van der Waals surface area contributed by atoms with Crippen LogP contribution in [0.4, 0.5) is 11.4 Å². The predicted molar refractivity (Wildman–Crippen MR) is 72.3 cm³/mol. The summed E-state index contributed by atoms with van der Waals surface area (Å²) in [6.45, 7) is 0. The SMILES string of the molecule is O=C(O)C1CCC(C(=O)Nc2ccc(Cl)c([N+](=O)[O-])c2)O1. The van der Waals surface area contributed by atoms with Crippen LogP contribution in [-0.4, -0.2) is 34.1 Å². The van der Waals surface area contributed by atoms with Crippen LogP contribution in [0.3, 0.4) is 0 Å². The van der Waals surface area contributed by atoms with E-state index in [9.17, 15) is 19.7 Å². The Labute approximate surface area is 123 Å². The number of hydrogen-bond acceptors (Lipinski definition) is 5. The van der Waals surface area contributed by atoms with E-state index in [-0.39, 0.29) is 29.2 Å². The minimum atomic E-state index is -1.12. The van der Waals surface area contributed by atoms with Crippen LogP contribution in [0.5, 0.6) is 0 Å². The van der Waals surface area contributed by atoms with E-state index in [0.29, 0.717) is 0 Å². The molecule has 0 spiro atoms. The summed E-state index contributed by atoms with van der Waals surface area (Å²) in [6, 6.07) is 3.84. The highest BCUT2D eigenvalue weighted by molar-refractivity contribution is 6.32. The molecule has 0 bridgehead atoms. The Morgan fingerprint density at radius 3 is 2.62 bits per heavy atom. The van der Waals surface area contributed by atoms with E-state index < -0.39 is 29.0 Å². The summed E-state index contributed by atoms with van der Waals surface area (Å²) in [5.41, 5.74) is -0.135. The number of benzene rings is 1. The van der Waals surface area contributed by atoms with Crippen LogP contribution in [0.2, 0.25) is 5.02 Å². The van der Waals surface area contributed by atoms with Crippen LogP contribution in [0.1, 0.15) is 12.8 Å². The van der Waals surface area contributed by atoms with Crippen LogP contribution in [0.15, 0.2) is 18.2 Å². The third-order valence-electron chi connectivity index (χ3n) is 3.00. The first-order valence-electron chi connectivity index (χ1n) is 6.01. The molecule has 9 heteroatoms. The molecular weight excluding hydrogens is 304 g/mol. The highest BCUT2D eigenvalue weighted by Crippen LogP contribution is 2.28. The number of nitro groups is 1. The van der Waals surface area contributed by atoms with Gasteiger partial charge in [-0.25, -0.2) is 4.79 Å². The molecule has 1 amide bonds. The lowest BCUT2D eigenvalue weighted by Gasteiger charge is -2.11. The molecule has 0 radical (unpaired) electrons. The van der Waals surface area contributed by atoms with Gasteiger partial charge >= 0.3 is 5.97 Å². The Morgan fingerprint density at radius 2 is 2.05 bits per heavy atom. The molecule has 2 rings (SSSR count). The summed E-state index contributed by atoms with van der Waals surface area (Å²) >= 11 is 5.66. The number of carbonyl (C=O) groups is 2. The van der Waals surface area contributed by atoms with E-state index in [4.69, 9.17) is 21.4 Å². The molecule has 2 unspecified atom stereocenters. The van der Waals surface area contributed by atoms with Gasteiger partial charge in [-0.15, -0.1) is 0 Å². The molecule has 1 saturated heterocycles. The van der Waals surface area contributed by atoms with Crippen LogP contribution in [-0.2, 0) is 14.3 Å². The highest BCUT2D eigenvalue weighted by Gasteiger charge is 2.34. The molecule has 0 aromatic heterocycles. The summed E-state index contributed by atoms with van der Waals surface area (Å²) < 4.78 is 5.09. The molecule has 1 aliphatic rings. The molecule has 2 atom stereocenters. The summed E-state index contributed by atoms with van der Waals surface area (Å²) in [6.07, 6.45) is -1.37. The van der Waals surface area contributed by atoms with E-state index >= 15 is 0 Å². The predicted octanol–water partition coefficient (Wildman–Crippen LogP) is 1.82. The minimum Gasteiger partial charge on any atom is -0.479 e. The van der Waals surface area contributed by atoms with Crippen molar-refractivity contribution in [3.8, 4) is 0 Å².